The third-order valence-corrected chi connectivity index (χ3v) is 3.86. The van der Waals surface area contributed by atoms with Crippen LogP contribution in [0.5, 0.6) is 0 Å². The summed E-state index contributed by atoms with van der Waals surface area (Å²) < 4.78 is 40.7. The molecule has 2 rings (SSSR count). The molecule has 0 unspecified atom stereocenters. The summed E-state index contributed by atoms with van der Waals surface area (Å²) in [5.41, 5.74) is -0.269. The Balaban J connectivity index is 2.56. The zero-order chi connectivity index (χ0) is 14.2. The van der Waals surface area contributed by atoms with E-state index in [1.54, 1.807) is 12.1 Å². The smallest absolute Gasteiger partial charge is 0.197 e. The average Bonchev–Trinajstić information content (AvgIpc) is 2.36. The van der Waals surface area contributed by atoms with Crippen molar-refractivity contribution < 1.29 is 18.0 Å². The summed E-state index contributed by atoms with van der Waals surface area (Å²) >= 11 is 5.11. The van der Waals surface area contributed by atoms with Crippen LogP contribution < -0.4 is 0 Å². The molecule has 1 nitrogen and oxygen atoms in total. The van der Waals surface area contributed by atoms with Gasteiger partial charge in [0, 0.05) is 19.7 Å². The first-order valence-corrected chi connectivity index (χ1v) is 6.91. The molecule has 0 bridgehead atoms. The summed E-state index contributed by atoms with van der Waals surface area (Å²) in [4.78, 5) is 12.1. The van der Waals surface area contributed by atoms with Gasteiger partial charge < -0.3 is 0 Å². The zero-order valence-electron chi connectivity index (χ0n) is 9.18. The molecule has 0 amide bonds. The Hall–Kier alpha value is -0.890. The van der Waals surface area contributed by atoms with Gasteiger partial charge in [-0.25, -0.2) is 13.2 Å². The van der Waals surface area contributed by atoms with Crippen molar-refractivity contribution in [3.63, 3.8) is 0 Å². The normalized spacial score (nSPS) is 10.6. The van der Waals surface area contributed by atoms with E-state index in [1.165, 1.54) is 6.07 Å². The molecule has 0 aliphatic rings. The molecule has 98 valence electrons. The molecule has 0 heterocycles. The lowest BCUT2D eigenvalue weighted by Crippen LogP contribution is -2.08. The number of benzene rings is 2. The van der Waals surface area contributed by atoms with Crippen molar-refractivity contribution in [3.8, 4) is 0 Å². The van der Waals surface area contributed by atoms with Crippen molar-refractivity contribution in [2.45, 2.75) is 0 Å². The number of hydrogen-bond acceptors (Lipinski definition) is 1. The van der Waals surface area contributed by atoms with Gasteiger partial charge >= 0.3 is 0 Å². The highest BCUT2D eigenvalue weighted by Crippen LogP contribution is 2.23. The van der Waals surface area contributed by atoms with E-state index in [4.69, 9.17) is 0 Å². The number of carbonyl (C=O) groups is 1. The highest BCUT2D eigenvalue weighted by molar-refractivity contribution is 14.1. The largest absolute Gasteiger partial charge is 0.288 e. The van der Waals surface area contributed by atoms with Crippen LogP contribution in [-0.2, 0) is 0 Å². The fraction of sp³-hybridized carbons (Fsp3) is 0. The minimum atomic E-state index is -1.32. The Morgan fingerprint density at radius 3 is 2.26 bits per heavy atom. The summed E-state index contributed by atoms with van der Waals surface area (Å²) in [6, 6.07) is 5.83. The lowest BCUT2D eigenvalue weighted by atomic mass is 10.0. The predicted molar refractivity (Wildman–Crippen MR) is 76.6 cm³/mol. The van der Waals surface area contributed by atoms with Gasteiger partial charge in [-0.05, 0) is 46.9 Å². The molecular weight excluding hydrogens is 436 g/mol. The second-order valence-corrected chi connectivity index (χ2v) is 5.78. The molecule has 0 atom stereocenters. The van der Waals surface area contributed by atoms with Crippen LogP contribution >= 0.6 is 38.5 Å². The standard InChI is InChI=1S/C13H5BrF3IO/c14-6-1-2-12(18)8(3-6)13(19)7-4-10(16)11(17)5-9(7)15/h1-5H. The van der Waals surface area contributed by atoms with E-state index in [1.807, 2.05) is 22.6 Å². The zero-order valence-corrected chi connectivity index (χ0v) is 12.9. The van der Waals surface area contributed by atoms with Gasteiger partial charge in [0.1, 0.15) is 5.82 Å². The Bertz CT molecular complexity index is 673. The first-order valence-electron chi connectivity index (χ1n) is 5.04. The molecule has 2 aromatic rings. The number of halogens is 5. The molecule has 0 aromatic heterocycles. The molecule has 2 aromatic carbocycles. The van der Waals surface area contributed by atoms with Gasteiger partial charge in [-0.3, -0.25) is 4.79 Å². The van der Waals surface area contributed by atoms with Crippen molar-refractivity contribution in [2.24, 2.45) is 0 Å². The molecule has 6 heteroatoms. The van der Waals surface area contributed by atoms with Crippen molar-refractivity contribution in [3.05, 3.63) is 67.0 Å². The third-order valence-electron chi connectivity index (χ3n) is 2.43. The fourth-order valence-corrected chi connectivity index (χ4v) is 2.45. The summed E-state index contributed by atoms with van der Waals surface area (Å²) in [6.45, 7) is 0. The molecular formula is C13H5BrF3IO. The third kappa shape index (κ3) is 3.00. The van der Waals surface area contributed by atoms with Gasteiger partial charge in [0.15, 0.2) is 17.4 Å². The van der Waals surface area contributed by atoms with Gasteiger partial charge in [-0.15, -0.1) is 0 Å². The molecule has 0 radical (unpaired) electrons. The Labute approximate surface area is 129 Å². The maximum Gasteiger partial charge on any atom is 0.197 e. The lowest BCUT2D eigenvalue weighted by Gasteiger charge is -2.06. The van der Waals surface area contributed by atoms with Gasteiger partial charge in [0.2, 0.25) is 0 Å². The van der Waals surface area contributed by atoms with Crippen molar-refractivity contribution in [1.29, 1.82) is 0 Å². The Morgan fingerprint density at radius 2 is 1.58 bits per heavy atom. The molecule has 0 N–H and O–H groups in total. The SMILES string of the molecule is O=C(c1cc(F)c(F)cc1F)c1cc(Br)ccc1I. The van der Waals surface area contributed by atoms with Crippen molar-refractivity contribution in [2.75, 3.05) is 0 Å². The molecule has 0 spiro atoms. The monoisotopic (exact) mass is 440 g/mol. The van der Waals surface area contributed by atoms with E-state index in [9.17, 15) is 18.0 Å². The maximum atomic E-state index is 13.6. The molecule has 0 aliphatic heterocycles. The second-order valence-electron chi connectivity index (χ2n) is 3.70. The van der Waals surface area contributed by atoms with Gasteiger partial charge in [-0.2, -0.15) is 0 Å². The van der Waals surface area contributed by atoms with Crippen LogP contribution in [0.4, 0.5) is 13.2 Å². The summed E-state index contributed by atoms with van der Waals surface area (Å²) in [5, 5.41) is 0. The van der Waals surface area contributed by atoms with Gasteiger partial charge in [0.05, 0.1) is 5.56 Å². The van der Waals surface area contributed by atoms with Gasteiger partial charge in [0.25, 0.3) is 0 Å². The second kappa shape index (κ2) is 5.62. The van der Waals surface area contributed by atoms with E-state index in [0.29, 0.717) is 20.2 Å². The topological polar surface area (TPSA) is 17.1 Å². The Kier molecular flexibility index (Phi) is 4.29. The highest BCUT2D eigenvalue weighted by Gasteiger charge is 2.19. The fourth-order valence-electron chi connectivity index (χ4n) is 1.51. The number of rotatable bonds is 2. The maximum absolute atomic E-state index is 13.6. The van der Waals surface area contributed by atoms with E-state index < -0.39 is 28.8 Å². The molecule has 0 fully saturated rings. The quantitative estimate of drug-likeness (QED) is 0.376. The first-order chi connectivity index (χ1) is 8.90. The van der Waals surface area contributed by atoms with E-state index >= 15 is 0 Å². The van der Waals surface area contributed by atoms with Crippen LogP contribution in [0.3, 0.4) is 0 Å². The van der Waals surface area contributed by atoms with Crippen LogP contribution in [0.15, 0.2) is 34.8 Å². The van der Waals surface area contributed by atoms with Crippen LogP contribution in [0.2, 0.25) is 0 Å². The average molecular weight is 441 g/mol. The highest BCUT2D eigenvalue weighted by atomic mass is 127. The first kappa shape index (κ1) is 14.5. The van der Waals surface area contributed by atoms with Crippen molar-refractivity contribution in [1.82, 2.24) is 0 Å². The predicted octanol–water partition coefficient (Wildman–Crippen LogP) is 4.70. The van der Waals surface area contributed by atoms with Crippen LogP contribution in [0.25, 0.3) is 0 Å². The minimum absolute atomic E-state index is 0.222. The Morgan fingerprint density at radius 1 is 0.947 bits per heavy atom. The minimum Gasteiger partial charge on any atom is -0.288 e. The molecule has 0 saturated heterocycles. The summed E-state index contributed by atoms with van der Waals surface area (Å²) in [5.74, 6) is -4.35. The lowest BCUT2D eigenvalue weighted by molar-refractivity contribution is 0.103. The summed E-state index contributed by atoms with van der Waals surface area (Å²) in [6.07, 6.45) is 0. The van der Waals surface area contributed by atoms with E-state index in [0.717, 1.165) is 0 Å². The summed E-state index contributed by atoms with van der Waals surface area (Å²) in [7, 11) is 0. The van der Waals surface area contributed by atoms with Crippen LogP contribution in [0.1, 0.15) is 15.9 Å². The van der Waals surface area contributed by atoms with E-state index in [-0.39, 0.29) is 5.56 Å². The van der Waals surface area contributed by atoms with E-state index in [2.05, 4.69) is 15.9 Å². The molecule has 0 aliphatic carbocycles. The number of carbonyl (C=O) groups excluding carboxylic acids is 1. The molecule has 19 heavy (non-hydrogen) atoms. The van der Waals surface area contributed by atoms with Gasteiger partial charge in [-0.1, -0.05) is 15.9 Å². The van der Waals surface area contributed by atoms with Crippen LogP contribution in [-0.4, -0.2) is 5.78 Å². The number of ketones is 1. The van der Waals surface area contributed by atoms with Crippen molar-refractivity contribution >= 4 is 44.3 Å². The molecule has 0 saturated carbocycles. The van der Waals surface area contributed by atoms with Crippen LogP contribution in [0, 0.1) is 21.0 Å². The number of hydrogen-bond donors (Lipinski definition) is 0.